The minimum atomic E-state index is -3.58. The quantitative estimate of drug-likeness (QED) is 0.793. The first kappa shape index (κ1) is 14.7. The summed E-state index contributed by atoms with van der Waals surface area (Å²) in [5, 5.41) is 8.92. The molecule has 2 rings (SSSR count). The van der Waals surface area contributed by atoms with E-state index in [2.05, 4.69) is 4.72 Å². The molecular formula is C12H22N2O4S. The van der Waals surface area contributed by atoms with Crippen molar-refractivity contribution in [2.24, 2.45) is 0 Å². The Morgan fingerprint density at radius 1 is 1.37 bits per heavy atom. The first-order chi connectivity index (χ1) is 8.85. The fourth-order valence-corrected chi connectivity index (χ4v) is 4.86. The Kier molecular flexibility index (Phi) is 4.17. The molecule has 2 aliphatic rings. The Hall–Kier alpha value is -0.660. The summed E-state index contributed by atoms with van der Waals surface area (Å²) < 4.78 is 29.0. The molecule has 0 aromatic rings. The van der Waals surface area contributed by atoms with E-state index in [4.69, 9.17) is 5.11 Å². The number of nitrogens with one attached hydrogen (secondary N) is 1. The summed E-state index contributed by atoms with van der Waals surface area (Å²) in [5.41, 5.74) is -0.762. The molecule has 1 atom stereocenters. The largest absolute Gasteiger partial charge is 0.481 e. The van der Waals surface area contributed by atoms with Crippen LogP contribution in [-0.2, 0) is 15.0 Å². The van der Waals surface area contributed by atoms with E-state index in [0.717, 1.165) is 25.7 Å². The van der Waals surface area contributed by atoms with Crippen molar-refractivity contribution in [3.05, 3.63) is 0 Å². The third-order valence-electron chi connectivity index (χ3n) is 4.20. The van der Waals surface area contributed by atoms with Gasteiger partial charge in [0.05, 0.1) is 6.42 Å². The van der Waals surface area contributed by atoms with Gasteiger partial charge < -0.3 is 5.11 Å². The molecule has 1 aliphatic carbocycles. The number of carboxylic acid groups (broad SMARTS) is 1. The highest BCUT2D eigenvalue weighted by Gasteiger charge is 2.44. The van der Waals surface area contributed by atoms with Crippen LogP contribution >= 0.6 is 0 Å². The fourth-order valence-electron chi connectivity index (χ4n) is 2.97. The second kappa shape index (κ2) is 5.38. The zero-order valence-corrected chi connectivity index (χ0v) is 12.1. The number of hydrogen-bond donors (Lipinski definition) is 2. The van der Waals surface area contributed by atoms with E-state index in [1.54, 1.807) is 0 Å². The molecule has 110 valence electrons. The van der Waals surface area contributed by atoms with E-state index in [1.807, 2.05) is 6.92 Å². The van der Waals surface area contributed by atoms with E-state index >= 15 is 0 Å². The molecule has 0 aromatic carbocycles. The van der Waals surface area contributed by atoms with Crippen LogP contribution in [0.3, 0.4) is 0 Å². The minimum absolute atomic E-state index is 0.00629. The zero-order chi connectivity index (χ0) is 14.1. The Labute approximate surface area is 114 Å². The molecule has 2 fully saturated rings. The van der Waals surface area contributed by atoms with Gasteiger partial charge in [0.15, 0.2) is 0 Å². The molecule has 6 nitrogen and oxygen atoms in total. The van der Waals surface area contributed by atoms with Gasteiger partial charge in [-0.3, -0.25) is 4.79 Å². The second-order valence-corrected chi connectivity index (χ2v) is 7.39. The van der Waals surface area contributed by atoms with Gasteiger partial charge in [-0.25, -0.2) is 0 Å². The highest BCUT2D eigenvalue weighted by Crippen LogP contribution is 2.36. The van der Waals surface area contributed by atoms with E-state index < -0.39 is 21.7 Å². The van der Waals surface area contributed by atoms with Gasteiger partial charge in [-0.05, 0) is 39.0 Å². The van der Waals surface area contributed by atoms with Gasteiger partial charge in [0.1, 0.15) is 0 Å². The number of aliphatic carboxylic acids is 1. The summed E-state index contributed by atoms with van der Waals surface area (Å²) in [6.07, 6.45) is 4.76. The van der Waals surface area contributed by atoms with Crippen molar-refractivity contribution in [1.29, 1.82) is 0 Å². The number of rotatable bonds is 5. The van der Waals surface area contributed by atoms with Crippen LogP contribution in [0.2, 0.25) is 0 Å². The molecule has 0 bridgehead atoms. The van der Waals surface area contributed by atoms with Gasteiger partial charge >= 0.3 is 5.97 Å². The number of nitrogens with zero attached hydrogens (tertiary/aromatic N) is 1. The van der Waals surface area contributed by atoms with E-state index in [-0.39, 0.29) is 12.5 Å². The van der Waals surface area contributed by atoms with Crippen molar-refractivity contribution in [3.8, 4) is 0 Å². The minimum Gasteiger partial charge on any atom is -0.481 e. The summed E-state index contributed by atoms with van der Waals surface area (Å²) in [5.74, 6) is -0.950. The molecule has 0 radical (unpaired) electrons. The van der Waals surface area contributed by atoms with Crippen molar-refractivity contribution in [2.75, 3.05) is 6.54 Å². The smallest absolute Gasteiger partial charge is 0.305 e. The first-order valence-electron chi connectivity index (χ1n) is 6.87. The van der Waals surface area contributed by atoms with E-state index in [1.165, 1.54) is 4.31 Å². The summed E-state index contributed by atoms with van der Waals surface area (Å²) >= 11 is 0. The number of piperidine rings is 1. The van der Waals surface area contributed by atoms with E-state index in [0.29, 0.717) is 19.4 Å². The lowest BCUT2D eigenvalue weighted by Crippen LogP contribution is -2.59. The monoisotopic (exact) mass is 290 g/mol. The second-order valence-electron chi connectivity index (χ2n) is 5.77. The summed E-state index contributed by atoms with van der Waals surface area (Å²) in [6, 6.07) is -0.00629. The average molecular weight is 290 g/mol. The van der Waals surface area contributed by atoms with Crippen molar-refractivity contribution in [1.82, 2.24) is 9.03 Å². The molecule has 0 spiro atoms. The predicted molar refractivity (Wildman–Crippen MR) is 70.9 cm³/mol. The fraction of sp³-hybridized carbons (Fsp3) is 0.917. The molecule has 0 aromatic heterocycles. The number of carbonyl (C=O) groups is 1. The predicted octanol–water partition coefficient (Wildman–Crippen LogP) is 1.09. The maximum Gasteiger partial charge on any atom is 0.305 e. The maximum atomic E-state index is 12.4. The van der Waals surface area contributed by atoms with Crippen LogP contribution in [0.25, 0.3) is 0 Å². The van der Waals surface area contributed by atoms with Crippen LogP contribution in [-0.4, -0.2) is 41.9 Å². The van der Waals surface area contributed by atoms with Gasteiger partial charge in [0.2, 0.25) is 0 Å². The molecule has 19 heavy (non-hydrogen) atoms. The maximum absolute atomic E-state index is 12.4. The van der Waals surface area contributed by atoms with Crippen LogP contribution in [0.4, 0.5) is 0 Å². The van der Waals surface area contributed by atoms with Crippen molar-refractivity contribution in [2.45, 2.75) is 63.5 Å². The van der Waals surface area contributed by atoms with Crippen LogP contribution in [0.1, 0.15) is 51.9 Å². The summed E-state index contributed by atoms with van der Waals surface area (Å²) in [4.78, 5) is 10.9. The third kappa shape index (κ3) is 3.27. The molecule has 1 aliphatic heterocycles. The molecule has 1 saturated heterocycles. The molecule has 7 heteroatoms. The standard InChI is InChI=1S/C12H22N2O4S/c1-10-5-2-3-8-14(10)19(17,18)13-12(6-4-7-12)9-11(15)16/h10,13H,2-9H2,1H3,(H,15,16). The highest BCUT2D eigenvalue weighted by atomic mass is 32.2. The number of carboxylic acids is 1. The van der Waals surface area contributed by atoms with Gasteiger partial charge in [0, 0.05) is 18.1 Å². The molecule has 0 amide bonds. The number of hydrogen-bond acceptors (Lipinski definition) is 3. The summed E-state index contributed by atoms with van der Waals surface area (Å²) in [7, 11) is -3.58. The Bertz CT molecular complexity index is 445. The molecular weight excluding hydrogens is 268 g/mol. The van der Waals surface area contributed by atoms with Crippen LogP contribution in [0, 0.1) is 0 Å². The Morgan fingerprint density at radius 2 is 2.05 bits per heavy atom. The van der Waals surface area contributed by atoms with Crippen LogP contribution < -0.4 is 4.72 Å². The third-order valence-corrected chi connectivity index (χ3v) is 6.05. The van der Waals surface area contributed by atoms with Crippen molar-refractivity contribution >= 4 is 16.2 Å². The average Bonchev–Trinajstić information content (AvgIpc) is 2.25. The topological polar surface area (TPSA) is 86.7 Å². The van der Waals surface area contributed by atoms with Gasteiger partial charge in [0.25, 0.3) is 10.2 Å². The lowest BCUT2D eigenvalue weighted by molar-refractivity contribution is -0.139. The normalized spacial score (nSPS) is 27.7. The molecule has 1 unspecified atom stereocenters. The molecule has 1 saturated carbocycles. The SMILES string of the molecule is CC1CCCCN1S(=O)(=O)NC1(CC(=O)O)CCC1. The van der Waals surface area contributed by atoms with E-state index in [9.17, 15) is 13.2 Å². The van der Waals surface area contributed by atoms with Crippen molar-refractivity contribution in [3.63, 3.8) is 0 Å². The highest BCUT2D eigenvalue weighted by molar-refractivity contribution is 7.87. The van der Waals surface area contributed by atoms with Crippen LogP contribution in [0.5, 0.6) is 0 Å². The lowest BCUT2D eigenvalue weighted by Gasteiger charge is -2.43. The van der Waals surface area contributed by atoms with Gasteiger partial charge in [-0.2, -0.15) is 17.4 Å². The Balaban J connectivity index is 2.09. The lowest BCUT2D eigenvalue weighted by atomic mass is 9.75. The zero-order valence-electron chi connectivity index (χ0n) is 11.3. The Morgan fingerprint density at radius 3 is 2.53 bits per heavy atom. The molecule has 2 N–H and O–H groups in total. The van der Waals surface area contributed by atoms with Crippen molar-refractivity contribution < 1.29 is 18.3 Å². The van der Waals surface area contributed by atoms with Gasteiger partial charge in [-0.15, -0.1) is 0 Å². The molecule has 1 heterocycles. The first-order valence-corrected chi connectivity index (χ1v) is 8.31. The van der Waals surface area contributed by atoms with Gasteiger partial charge in [-0.1, -0.05) is 6.42 Å². The van der Waals surface area contributed by atoms with Crippen LogP contribution in [0.15, 0.2) is 0 Å². The summed E-state index contributed by atoms with van der Waals surface area (Å²) in [6.45, 7) is 2.43.